The Labute approximate surface area is 110 Å². The van der Waals surface area contributed by atoms with Gasteiger partial charge >= 0.3 is 0 Å². The number of benzene rings is 2. The second-order valence-electron chi connectivity index (χ2n) is 4.51. The van der Waals surface area contributed by atoms with Crippen LogP contribution in [0.15, 0.2) is 42.5 Å². The molecule has 0 fully saturated rings. The highest BCUT2D eigenvalue weighted by Crippen LogP contribution is 2.34. The Morgan fingerprint density at radius 2 is 2.05 bits per heavy atom. The number of nitrogen functional groups attached to an aromatic ring is 1. The Morgan fingerprint density at radius 3 is 2.89 bits per heavy atom. The van der Waals surface area contributed by atoms with E-state index in [-0.39, 0.29) is 11.7 Å². The number of para-hydroxylation sites is 2. The fourth-order valence-electron chi connectivity index (χ4n) is 2.23. The lowest BCUT2D eigenvalue weighted by molar-refractivity contribution is 0.242. The number of hydrogen-bond donors (Lipinski definition) is 1. The van der Waals surface area contributed by atoms with Crippen molar-refractivity contribution in [2.45, 2.75) is 5.92 Å². The van der Waals surface area contributed by atoms with Gasteiger partial charge in [-0.05, 0) is 18.2 Å². The van der Waals surface area contributed by atoms with Gasteiger partial charge in [0.2, 0.25) is 0 Å². The van der Waals surface area contributed by atoms with Gasteiger partial charge < -0.3 is 15.2 Å². The fourth-order valence-corrected chi connectivity index (χ4v) is 2.23. The zero-order valence-electron chi connectivity index (χ0n) is 10.3. The Balaban J connectivity index is 1.75. The first-order chi connectivity index (χ1) is 9.25. The van der Waals surface area contributed by atoms with Crippen molar-refractivity contribution in [3.63, 3.8) is 0 Å². The molecule has 0 radical (unpaired) electrons. The number of rotatable bonds is 3. The average molecular weight is 259 g/mol. The molecule has 98 valence electrons. The van der Waals surface area contributed by atoms with Crippen molar-refractivity contribution in [2.24, 2.45) is 0 Å². The zero-order chi connectivity index (χ0) is 13.2. The molecule has 0 saturated heterocycles. The highest BCUT2D eigenvalue weighted by molar-refractivity contribution is 5.53. The quantitative estimate of drug-likeness (QED) is 0.862. The van der Waals surface area contributed by atoms with Gasteiger partial charge in [0.05, 0.1) is 24.8 Å². The summed E-state index contributed by atoms with van der Waals surface area (Å²) in [5.41, 5.74) is 7.11. The third-order valence-corrected chi connectivity index (χ3v) is 3.23. The molecule has 1 aliphatic rings. The summed E-state index contributed by atoms with van der Waals surface area (Å²) >= 11 is 0. The Morgan fingerprint density at radius 1 is 1.21 bits per heavy atom. The normalized spacial score (nSPS) is 16.8. The van der Waals surface area contributed by atoms with Crippen molar-refractivity contribution in [3.05, 3.63) is 53.8 Å². The van der Waals surface area contributed by atoms with Crippen molar-refractivity contribution in [3.8, 4) is 11.5 Å². The number of halogens is 1. The number of nitrogens with two attached hydrogens (primary N) is 1. The van der Waals surface area contributed by atoms with Gasteiger partial charge in [0.25, 0.3) is 0 Å². The second-order valence-corrected chi connectivity index (χ2v) is 4.51. The molecule has 0 aliphatic carbocycles. The maximum absolute atomic E-state index is 13.6. The predicted molar refractivity (Wildman–Crippen MR) is 71.0 cm³/mol. The second kappa shape index (κ2) is 4.80. The van der Waals surface area contributed by atoms with Crippen LogP contribution in [0.2, 0.25) is 0 Å². The monoisotopic (exact) mass is 259 g/mol. The predicted octanol–water partition coefficient (Wildman–Crippen LogP) is 2.96. The number of ether oxygens (including phenoxy) is 2. The molecule has 2 aromatic carbocycles. The van der Waals surface area contributed by atoms with E-state index in [9.17, 15) is 4.39 Å². The molecule has 0 aromatic heterocycles. The molecule has 0 amide bonds. The molecule has 0 spiro atoms. The molecule has 4 heteroatoms. The minimum absolute atomic E-state index is 0.107. The molecule has 0 bridgehead atoms. The first kappa shape index (κ1) is 11.8. The van der Waals surface area contributed by atoms with E-state index in [0.717, 1.165) is 11.3 Å². The lowest BCUT2D eigenvalue weighted by Gasteiger charge is -2.13. The van der Waals surface area contributed by atoms with Gasteiger partial charge in [-0.2, -0.15) is 0 Å². The topological polar surface area (TPSA) is 44.5 Å². The Kier molecular flexibility index (Phi) is 2.99. The molecule has 3 rings (SSSR count). The van der Waals surface area contributed by atoms with E-state index in [1.54, 1.807) is 12.1 Å². The Hall–Kier alpha value is -2.23. The van der Waals surface area contributed by atoms with Crippen LogP contribution in [-0.2, 0) is 0 Å². The maximum atomic E-state index is 13.6. The molecule has 0 saturated carbocycles. The van der Waals surface area contributed by atoms with Crippen LogP contribution in [0, 0.1) is 5.82 Å². The molecule has 2 aromatic rings. The number of fused-ring (bicyclic) bond motifs is 1. The summed E-state index contributed by atoms with van der Waals surface area (Å²) in [6, 6.07) is 12.3. The molecule has 1 aliphatic heterocycles. The van der Waals surface area contributed by atoms with E-state index in [1.807, 2.05) is 24.3 Å². The molecular formula is C15H14FNO2. The van der Waals surface area contributed by atoms with Gasteiger partial charge in [0.1, 0.15) is 5.75 Å². The van der Waals surface area contributed by atoms with Crippen LogP contribution in [0.25, 0.3) is 0 Å². The molecule has 1 heterocycles. The van der Waals surface area contributed by atoms with Crippen molar-refractivity contribution >= 4 is 5.69 Å². The van der Waals surface area contributed by atoms with Crippen molar-refractivity contribution < 1.29 is 13.9 Å². The highest BCUT2D eigenvalue weighted by atomic mass is 19.1. The van der Waals surface area contributed by atoms with E-state index < -0.39 is 5.82 Å². The fraction of sp³-hybridized carbons (Fsp3) is 0.200. The largest absolute Gasteiger partial charge is 0.493 e. The first-order valence-electron chi connectivity index (χ1n) is 6.14. The first-order valence-corrected chi connectivity index (χ1v) is 6.14. The van der Waals surface area contributed by atoms with Crippen LogP contribution in [0.5, 0.6) is 11.5 Å². The summed E-state index contributed by atoms with van der Waals surface area (Å²) < 4.78 is 24.7. The van der Waals surface area contributed by atoms with Gasteiger partial charge in [0.15, 0.2) is 11.6 Å². The third-order valence-electron chi connectivity index (χ3n) is 3.23. The summed E-state index contributed by atoms with van der Waals surface area (Å²) in [5.74, 6) is 0.659. The summed E-state index contributed by atoms with van der Waals surface area (Å²) in [5, 5.41) is 0. The van der Waals surface area contributed by atoms with Crippen LogP contribution in [-0.4, -0.2) is 13.2 Å². The lowest BCUT2D eigenvalue weighted by Crippen LogP contribution is -2.13. The molecule has 19 heavy (non-hydrogen) atoms. The SMILES string of the molecule is Nc1cccc(F)c1OCC1COc2ccccc21. The smallest absolute Gasteiger partial charge is 0.177 e. The summed E-state index contributed by atoms with van der Waals surface area (Å²) in [4.78, 5) is 0. The van der Waals surface area contributed by atoms with Crippen LogP contribution < -0.4 is 15.2 Å². The van der Waals surface area contributed by atoms with Gasteiger partial charge in [-0.1, -0.05) is 24.3 Å². The minimum atomic E-state index is -0.438. The summed E-state index contributed by atoms with van der Waals surface area (Å²) in [6.07, 6.45) is 0. The van der Waals surface area contributed by atoms with Crippen LogP contribution in [0.1, 0.15) is 11.5 Å². The molecular weight excluding hydrogens is 245 g/mol. The lowest BCUT2D eigenvalue weighted by atomic mass is 10.0. The molecule has 2 N–H and O–H groups in total. The maximum Gasteiger partial charge on any atom is 0.177 e. The van der Waals surface area contributed by atoms with Crippen LogP contribution in [0.4, 0.5) is 10.1 Å². The van der Waals surface area contributed by atoms with Crippen molar-refractivity contribution in [1.82, 2.24) is 0 Å². The standard InChI is InChI=1S/C15H14FNO2/c16-12-5-3-6-13(17)15(12)19-9-10-8-18-14-7-2-1-4-11(10)14/h1-7,10H,8-9,17H2. The zero-order valence-corrected chi connectivity index (χ0v) is 10.3. The summed E-state index contributed by atoms with van der Waals surface area (Å²) in [7, 11) is 0. The van der Waals surface area contributed by atoms with Crippen LogP contribution in [0.3, 0.4) is 0 Å². The van der Waals surface area contributed by atoms with E-state index in [2.05, 4.69) is 0 Å². The summed E-state index contributed by atoms with van der Waals surface area (Å²) in [6.45, 7) is 0.899. The van der Waals surface area contributed by atoms with Crippen LogP contribution >= 0.6 is 0 Å². The number of anilines is 1. The van der Waals surface area contributed by atoms with E-state index >= 15 is 0 Å². The van der Waals surface area contributed by atoms with E-state index in [0.29, 0.717) is 18.9 Å². The third kappa shape index (κ3) is 2.21. The van der Waals surface area contributed by atoms with Crippen molar-refractivity contribution in [1.29, 1.82) is 0 Å². The minimum Gasteiger partial charge on any atom is -0.493 e. The highest BCUT2D eigenvalue weighted by Gasteiger charge is 2.24. The van der Waals surface area contributed by atoms with Gasteiger partial charge in [-0.3, -0.25) is 0 Å². The van der Waals surface area contributed by atoms with Gasteiger partial charge in [-0.15, -0.1) is 0 Å². The van der Waals surface area contributed by atoms with E-state index in [1.165, 1.54) is 6.07 Å². The Bertz CT molecular complexity index is 580. The van der Waals surface area contributed by atoms with E-state index in [4.69, 9.17) is 15.2 Å². The molecule has 3 nitrogen and oxygen atoms in total. The van der Waals surface area contributed by atoms with Gasteiger partial charge in [-0.25, -0.2) is 4.39 Å². The van der Waals surface area contributed by atoms with Gasteiger partial charge in [0, 0.05) is 5.56 Å². The molecule has 1 atom stereocenters. The molecule has 1 unspecified atom stereocenters. The van der Waals surface area contributed by atoms with Crippen molar-refractivity contribution in [2.75, 3.05) is 18.9 Å². The average Bonchev–Trinajstić information content (AvgIpc) is 2.82. The number of hydrogen-bond acceptors (Lipinski definition) is 3.